The Balaban J connectivity index is 1.51. The van der Waals surface area contributed by atoms with E-state index in [4.69, 9.17) is 9.15 Å². The molecule has 2 N–H and O–H groups in total. The molecular formula is C18H24N4O3. The quantitative estimate of drug-likeness (QED) is 0.837. The summed E-state index contributed by atoms with van der Waals surface area (Å²) in [5.74, 6) is 1.77. The molecule has 2 aromatic heterocycles. The number of carbonyl (C=O) groups excluding carboxylic acids is 1. The van der Waals surface area contributed by atoms with E-state index >= 15 is 0 Å². The van der Waals surface area contributed by atoms with Crippen LogP contribution in [0.25, 0.3) is 0 Å². The summed E-state index contributed by atoms with van der Waals surface area (Å²) >= 11 is 0. The lowest BCUT2D eigenvalue weighted by molar-refractivity contribution is 0.122. The Labute approximate surface area is 147 Å². The molecule has 134 valence electrons. The smallest absolute Gasteiger partial charge is 0.315 e. The highest BCUT2D eigenvalue weighted by Crippen LogP contribution is 2.18. The number of anilines is 1. The lowest BCUT2D eigenvalue weighted by Crippen LogP contribution is -2.42. The predicted octanol–water partition coefficient (Wildman–Crippen LogP) is 1.94. The van der Waals surface area contributed by atoms with E-state index in [1.54, 1.807) is 12.5 Å². The number of urea groups is 1. The normalized spacial score (nSPS) is 15.6. The molecule has 2 aromatic rings. The number of pyridine rings is 1. The molecule has 0 spiro atoms. The van der Waals surface area contributed by atoms with Crippen LogP contribution in [0.4, 0.5) is 10.6 Å². The number of morpholine rings is 1. The van der Waals surface area contributed by atoms with Crippen molar-refractivity contribution in [3.63, 3.8) is 0 Å². The largest absolute Gasteiger partial charge is 0.469 e. The molecule has 0 radical (unpaired) electrons. The van der Waals surface area contributed by atoms with Crippen LogP contribution in [0.1, 0.15) is 18.2 Å². The third kappa shape index (κ3) is 4.96. The summed E-state index contributed by atoms with van der Waals surface area (Å²) < 4.78 is 10.7. The van der Waals surface area contributed by atoms with Gasteiger partial charge in [-0.15, -0.1) is 0 Å². The number of aromatic nitrogens is 1. The molecule has 1 aliphatic heterocycles. The monoisotopic (exact) mass is 344 g/mol. The Kier molecular flexibility index (Phi) is 5.90. The average Bonchev–Trinajstić information content (AvgIpc) is 3.14. The van der Waals surface area contributed by atoms with Crippen LogP contribution in [0.2, 0.25) is 0 Å². The number of ether oxygens (including phenoxy) is 1. The van der Waals surface area contributed by atoms with Crippen molar-refractivity contribution in [2.24, 2.45) is 0 Å². The SMILES string of the molecule is C[C@H](Cc1ccco1)NC(=O)NCc1cccnc1N1CCOCC1. The zero-order valence-electron chi connectivity index (χ0n) is 14.4. The minimum Gasteiger partial charge on any atom is -0.469 e. The number of rotatable bonds is 6. The van der Waals surface area contributed by atoms with Crippen molar-refractivity contribution in [2.75, 3.05) is 31.2 Å². The van der Waals surface area contributed by atoms with Crippen LogP contribution in [-0.4, -0.2) is 43.4 Å². The molecule has 0 bridgehead atoms. The van der Waals surface area contributed by atoms with Crippen LogP contribution in [0.3, 0.4) is 0 Å². The topological polar surface area (TPSA) is 79.6 Å². The van der Waals surface area contributed by atoms with Gasteiger partial charge >= 0.3 is 6.03 Å². The number of hydrogen-bond donors (Lipinski definition) is 2. The van der Waals surface area contributed by atoms with Gasteiger partial charge in [-0.3, -0.25) is 0 Å². The highest BCUT2D eigenvalue weighted by atomic mass is 16.5. The van der Waals surface area contributed by atoms with Crippen LogP contribution in [-0.2, 0) is 17.7 Å². The van der Waals surface area contributed by atoms with Gasteiger partial charge in [0.15, 0.2) is 0 Å². The molecule has 0 saturated carbocycles. The molecule has 25 heavy (non-hydrogen) atoms. The summed E-state index contributed by atoms with van der Waals surface area (Å²) in [7, 11) is 0. The molecule has 7 nitrogen and oxygen atoms in total. The third-order valence-corrected chi connectivity index (χ3v) is 4.08. The first kappa shape index (κ1) is 17.3. The molecule has 0 unspecified atom stereocenters. The van der Waals surface area contributed by atoms with E-state index in [2.05, 4.69) is 20.5 Å². The molecule has 2 amide bonds. The van der Waals surface area contributed by atoms with Gasteiger partial charge < -0.3 is 24.7 Å². The van der Waals surface area contributed by atoms with E-state index in [9.17, 15) is 4.79 Å². The van der Waals surface area contributed by atoms with Crippen molar-refractivity contribution in [3.05, 3.63) is 48.0 Å². The van der Waals surface area contributed by atoms with Gasteiger partial charge in [0.2, 0.25) is 0 Å². The highest BCUT2D eigenvalue weighted by molar-refractivity contribution is 5.74. The van der Waals surface area contributed by atoms with Gasteiger partial charge in [-0.05, 0) is 25.1 Å². The maximum atomic E-state index is 12.1. The fourth-order valence-corrected chi connectivity index (χ4v) is 2.86. The van der Waals surface area contributed by atoms with Crippen molar-refractivity contribution in [2.45, 2.75) is 25.9 Å². The zero-order chi connectivity index (χ0) is 17.5. The van der Waals surface area contributed by atoms with Gasteiger partial charge in [-0.1, -0.05) is 6.07 Å². The summed E-state index contributed by atoms with van der Waals surface area (Å²) in [6, 6.07) is 7.41. The van der Waals surface area contributed by atoms with Gasteiger partial charge in [0.05, 0.1) is 19.5 Å². The number of hydrogen-bond acceptors (Lipinski definition) is 5. The summed E-state index contributed by atoms with van der Waals surface area (Å²) in [5, 5.41) is 5.83. The number of furan rings is 1. The van der Waals surface area contributed by atoms with Crippen molar-refractivity contribution in [1.29, 1.82) is 0 Å². The first-order valence-electron chi connectivity index (χ1n) is 8.55. The number of carbonyl (C=O) groups is 1. The van der Waals surface area contributed by atoms with E-state index in [-0.39, 0.29) is 12.1 Å². The summed E-state index contributed by atoms with van der Waals surface area (Å²) in [6.45, 7) is 5.42. The second kappa shape index (κ2) is 8.53. The van der Waals surface area contributed by atoms with Crippen LogP contribution >= 0.6 is 0 Å². The maximum absolute atomic E-state index is 12.1. The zero-order valence-corrected chi connectivity index (χ0v) is 14.4. The first-order valence-corrected chi connectivity index (χ1v) is 8.55. The van der Waals surface area contributed by atoms with Crippen molar-refractivity contribution >= 4 is 11.8 Å². The third-order valence-electron chi connectivity index (χ3n) is 4.08. The number of amides is 2. The fraction of sp³-hybridized carbons (Fsp3) is 0.444. The van der Waals surface area contributed by atoms with E-state index < -0.39 is 0 Å². The highest BCUT2D eigenvalue weighted by Gasteiger charge is 2.16. The van der Waals surface area contributed by atoms with E-state index in [0.29, 0.717) is 26.2 Å². The molecule has 0 aromatic carbocycles. The molecule has 7 heteroatoms. The van der Waals surface area contributed by atoms with Gasteiger partial charge in [-0.25, -0.2) is 9.78 Å². The first-order chi connectivity index (χ1) is 12.2. The van der Waals surface area contributed by atoms with Gasteiger partial charge in [0.1, 0.15) is 11.6 Å². The molecule has 3 heterocycles. The minimum absolute atomic E-state index is 0.0150. The van der Waals surface area contributed by atoms with E-state index in [1.807, 2.05) is 31.2 Å². The fourth-order valence-electron chi connectivity index (χ4n) is 2.86. The lowest BCUT2D eigenvalue weighted by Gasteiger charge is -2.29. The average molecular weight is 344 g/mol. The van der Waals surface area contributed by atoms with Crippen LogP contribution in [0.15, 0.2) is 41.1 Å². The van der Waals surface area contributed by atoms with Gasteiger partial charge in [0, 0.05) is 43.9 Å². The molecule has 3 rings (SSSR count). The Bertz CT molecular complexity index is 669. The van der Waals surface area contributed by atoms with Crippen molar-refractivity contribution in [3.8, 4) is 0 Å². The molecule has 1 aliphatic rings. The second-order valence-corrected chi connectivity index (χ2v) is 6.10. The Morgan fingerprint density at radius 2 is 2.16 bits per heavy atom. The second-order valence-electron chi connectivity index (χ2n) is 6.10. The predicted molar refractivity (Wildman–Crippen MR) is 94.5 cm³/mol. The maximum Gasteiger partial charge on any atom is 0.315 e. The summed E-state index contributed by atoms with van der Waals surface area (Å²) in [6.07, 6.45) is 4.07. The Morgan fingerprint density at radius 1 is 1.32 bits per heavy atom. The number of nitrogens with zero attached hydrogens (tertiary/aromatic N) is 2. The minimum atomic E-state index is -0.198. The van der Waals surface area contributed by atoms with Crippen molar-refractivity contribution < 1.29 is 13.9 Å². The standard InChI is InChI=1S/C18H24N4O3/c1-14(12-16-5-3-9-25-16)21-18(23)20-13-15-4-2-6-19-17(15)22-7-10-24-11-8-22/h2-6,9,14H,7-8,10-13H2,1H3,(H2,20,21,23)/t14-/m1/s1. The summed E-state index contributed by atoms with van der Waals surface area (Å²) in [4.78, 5) is 18.8. The van der Waals surface area contributed by atoms with E-state index in [1.165, 1.54) is 0 Å². The lowest BCUT2D eigenvalue weighted by atomic mass is 10.2. The summed E-state index contributed by atoms with van der Waals surface area (Å²) in [5.41, 5.74) is 0.998. The van der Waals surface area contributed by atoms with E-state index in [0.717, 1.165) is 30.2 Å². The van der Waals surface area contributed by atoms with Crippen LogP contribution in [0.5, 0.6) is 0 Å². The van der Waals surface area contributed by atoms with Gasteiger partial charge in [-0.2, -0.15) is 0 Å². The Hall–Kier alpha value is -2.54. The number of nitrogens with one attached hydrogen (secondary N) is 2. The molecular weight excluding hydrogens is 320 g/mol. The molecule has 0 aliphatic carbocycles. The Morgan fingerprint density at radius 3 is 2.92 bits per heavy atom. The molecule has 1 atom stereocenters. The van der Waals surface area contributed by atoms with Crippen LogP contribution < -0.4 is 15.5 Å². The van der Waals surface area contributed by atoms with Gasteiger partial charge in [0.25, 0.3) is 0 Å². The van der Waals surface area contributed by atoms with Crippen molar-refractivity contribution in [1.82, 2.24) is 15.6 Å². The van der Waals surface area contributed by atoms with Crippen LogP contribution in [0, 0.1) is 0 Å². The molecule has 1 fully saturated rings. The molecule has 1 saturated heterocycles.